The number of aryl methyl sites for hydroxylation is 1. The van der Waals surface area contributed by atoms with Crippen molar-refractivity contribution in [3.05, 3.63) is 44.9 Å². The topological polar surface area (TPSA) is 50.9 Å². The van der Waals surface area contributed by atoms with Crippen molar-refractivity contribution in [2.24, 2.45) is 7.05 Å². The number of aliphatic hydroxyl groups excluding tert-OH is 1. The van der Waals surface area contributed by atoms with Gasteiger partial charge >= 0.3 is 0 Å². The Bertz CT molecular complexity index is 493. The van der Waals surface area contributed by atoms with E-state index in [1.807, 2.05) is 6.07 Å². The van der Waals surface area contributed by atoms with Gasteiger partial charge in [-0.2, -0.15) is 5.10 Å². The molecule has 0 fully saturated rings. The zero-order valence-electron chi connectivity index (χ0n) is 8.43. The quantitative estimate of drug-likeness (QED) is 0.908. The average Bonchev–Trinajstić information content (AvgIpc) is 2.58. The zero-order valence-corrected chi connectivity index (χ0v) is 11.6. The van der Waals surface area contributed by atoms with Gasteiger partial charge in [-0.1, -0.05) is 0 Å². The normalized spacial score (nSPS) is 12.8. The predicted octanol–water partition coefficient (Wildman–Crippen LogP) is 2.42. The molecule has 1 atom stereocenters. The van der Waals surface area contributed by atoms with E-state index in [0.717, 1.165) is 8.95 Å². The highest BCUT2D eigenvalue weighted by atomic mass is 79.9. The van der Waals surface area contributed by atoms with E-state index in [1.165, 1.54) is 0 Å². The number of hydrogen-bond acceptors (Lipinski definition) is 3. The van der Waals surface area contributed by atoms with E-state index >= 15 is 0 Å². The van der Waals surface area contributed by atoms with Crippen molar-refractivity contribution >= 4 is 31.9 Å². The maximum absolute atomic E-state index is 10.2. The molecule has 1 N–H and O–H groups in total. The van der Waals surface area contributed by atoms with Crippen LogP contribution in [0.1, 0.15) is 17.5 Å². The Labute approximate surface area is 110 Å². The third kappa shape index (κ3) is 2.05. The Hall–Kier alpha value is -0.720. The van der Waals surface area contributed by atoms with Crippen molar-refractivity contribution in [1.82, 2.24) is 14.8 Å². The van der Waals surface area contributed by atoms with Crippen LogP contribution < -0.4 is 0 Å². The smallest absolute Gasteiger partial charge is 0.140 e. The second-order valence-corrected chi connectivity index (χ2v) is 4.98. The molecule has 0 spiro atoms. The van der Waals surface area contributed by atoms with Crippen molar-refractivity contribution in [2.45, 2.75) is 6.10 Å². The predicted molar refractivity (Wildman–Crippen MR) is 66.9 cm³/mol. The van der Waals surface area contributed by atoms with Gasteiger partial charge in [-0.05, 0) is 44.0 Å². The first kappa shape index (κ1) is 11.8. The van der Waals surface area contributed by atoms with Crippen molar-refractivity contribution in [1.29, 1.82) is 0 Å². The molecule has 16 heavy (non-hydrogen) atoms. The molecule has 0 saturated carbocycles. The summed E-state index contributed by atoms with van der Waals surface area (Å²) in [7, 11) is 1.78. The van der Waals surface area contributed by atoms with Crippen LogP contribution in [-0.2, 0) is 7.05 Å². The second kappa shape index (κ2) is 4.65. The van der Waals surface area contributed by atoms with Gasteiger partial charge in [0, 0.05) is 17.7 Å². The summed E-state index contributed by atoms with van der Waals surface area (Å²) in [6, 6.07) is 3.65. The van der Waals surface area contributed by atoms with Gasteiger partial charge in [0.15, 0.2) is 0 Å². The van der Waals surface area contributed by atoms with Gasteiger partial charge < -0.3 is 5.11 Å². The summed E-state index contributed by atoms with van der Waals surface area (Å²) >= 11 is 6.72. The lowest BCUT2D eigenvalue weighted by molar-refractivity contribution is 0.203. The van der Waals surface area contributed by atoms with E-state index in [0.29, 0.717) is 11.4 Å². The van der Waals surface area contributed by atoms with E-state index in [-0.39, 0.29) is 0 Å². The Morgan fingerprint density at radius 3 is 2.69 bits per heavy atom. The maximum Gasteiger partial charge on any atom is 0.140 e. The summed E-state index contributed by atoms with van der Waals surface area (Å²) in [6.07, 6.45) is 2.49. The van der Waals surface area contributed by atoms with E-state index in [4.69, 9.17) is 0 Å². The van der Waals surface area contributed by atoms with Crippen LogP contribution in [0.3, 0.4) is 0 Å². The molecule has 2 rings (SSSR count). The van der Waals surface area contributed by atoms with Crippen LogP contribution in [0, 0.1) is 0 Å². The number of pyridine rings is 1. The minimum Gasteiger partial charge on any atom is -0.380 e. The number of rotatable bonds is 2. The summed E-state index contributed by atoms with van der Waals surface area (Å²) in [6.45, 7) is 0. The fourth-order valence-corrected chi connectivity index (χ4v) is 2.49. The summed E-state index contributed by atoms with van der Waals surface area (Å²) < 4.78 is 3.16. The lowest BCUT2D eigenvalue weighted by atomic mass is 10.1. The van der Waals surface area contributed by atoms with Crippen molar-refractivity contribution in [2.75, 3.05) is 0 Å². The largest absolute Gasteiger partial charge is 0.380 e. The number of hydrogen-bond donors (Lipinski definition) is 1. The average molecular weight is 347 g/mol. The maximum atomic E-state index is 10.2. The van der Waals surface area contributed by atoms with Crippen molar-refractivity contribution < 1.29 is 5.11 Å². The molecule has 2 aromatic heterocycles. The van der Waals surface area contributed by atoms with Gasteiger partial charge in [0.1, 0.15) is 6.10 Å². The van der Waals surface area contributed by atoms with Gasteiger partial charge in [-0.3, -0.25) is 9.67 Å². The Balaban J connectivity index is 2.47. The van der Waals surface area contributed by atoms with Crippen molar-refractivity contribution in [3.63, 3.8) is 0 Å². The molecule has 0 bridgehead atoms. The molecule has 2 heterocycles. The highest BCUT2D eigenvalue weighted by molar-refractivity contribution is 9.10. The van der Waals surface area contributed by atoms with E-state index in [2.05, 4.69) is 41.9 Å². The fourth-order valence-electron chi connectivity index (χ4n) is 1.46. The Kier molecular flexibility index (Phi) is 3.41. The highest BCUT2D eigenvalue weighted by Gasteiger charge is 2.21. The molecular weight excluding hydrogens is 338 g/mol. The third-order valence-electron chi connectivity index (χ3n) is 2.24. The molecule has 0 aromatic carbocycles. The molecule has 0 aliphatic rings. The lowest BCUT2D eigenvalue weighted by Crippen LogP contribution is -2.09. The van der Waals surface area contributed by atoms with Gasteiger partial charge in [0.05, 0.1) is 22.1 Å². The Morgan fingerprint density at radius 1 is 1.38 bits per heavy atom. The molecular formula is C10H9Br2N3O. The van der Waals surface area contributed by atoms with E-state index < -0.39 is 6.10 Å². The zero-order chi connectivity index (χ0) is 11.7. The van der Waals surface area contributed by atoms with Crippen LogP contribution in [0.25, 0.3) is 0 Å². The number of nitrogens with zero attached hydrogens (tertiary/aromatic N) is 3. The van der Waals surface area contributed by atoms with Gasteiger partial charge in [0.2, 0.25) is 0 Å². The van der Waals surface area contributed by atoms with Crippen LogP contribution in [0.4, 0.5) is 0 Å². The first-order valence-corrected chi connectivity index (χ1v) is 6.15. The molecule has 1 unspecified atom stereocenters. The fraction of sp³-hybridized carbons (Fsp3) is 0.200. The van der Waals surface area contributed by atoms with Crippen LogP contribution in [0.2, 0.25) is 0 Å². The third-order valence-corrected chi connectivity index (χ3v) is 3.52. The molecule has 0 radical (unpaired) electrons. The molecule has 0 saturated heterocycles. The van der Waals surface area contributed by atoms with E-state index in [1.54, 1.807) is 30.2 Å². The minimum atomic E-state index is -0.808. The number of halogens is 2. The van der Waals surface area contributed by atoms with Crippen LogP contribution in [0.15, 0.2) is 33.5 Å². The second-order valence-electron chi connectivity index (χ2n) is 3.27. The van der Waals surface area contributed by atoms with Gasteiger partial charge in [0.25, 0.3) is 0 Å². The van der Waals surface area contributed by atoms with Crippen LogP contribution >= 0.6 is 31.9 Å². The van der Waals surface area contributed by atoms with Gasteiger partial charge in [-0.25, -0.2) is 0 Å². The molecule has 0 aliphatic heterocycles. The first-order chi connectivity index (χ1) is 7.61. The van der Waals surface area contributed by atoms with Crippen molar-refractivity contribution in [3.8, 4) is 0 Å². The summed E-state index contributed by atoms with van der Waals surface area (Å²) in [5.74, 6) is 0. The number of aromatic nitrogens is 3. The molecule has 84 valence electrons. The summed E-state index contributed by atoms with van der Waals surface area (Å²) in [4.78, 5) is 4.16. The SMILES string of the molecule is Cn1ncc(Br)c1C(O)c1ncccc1Br. The first-order valence-electron chi connectivity index (χ1n) is 4.57. The van der Waals surface area contributed by atoms with Gasteiger partial charge in [-0.15, -0.1) is 0 Å². The molecule has 6 heteroatoms. The molecule has 2 aromatic rings. The van der Waals surface area contributed by atoms with Crippen LogP contribution in [0.5, 0.6) is 0 Å². The minimum absolute atomic E-state index is 0.576. The molecule has 0 aliphatic carbocycles. The van der Waals surface area contributed by atoms with Crippen LogP contribution in [-0.4, -0.2) is 19.9 Å². The molecule has 4 nitrogen and oxygen atoms in total. The summed E-state index contributed by atoms with van der Waals surface area (Å²) in [5, 5.41) is 14.3. The lowest BCUT2D eigenvalue weighted by Gasteiger charge is -2.12. The van der Waals surface area contributed by atoms with E-state index in [9.17, 15) is 5.11 Å². The Morgan fingerprint density at radius 2 is 2.12 bits per heavy atom. The standard InChI is InChI=1S/C10H9Br2N3O/c1-15-9(7(12)5-14-15)10(16)8-6(11)3-2-4-13-8/h2-5,10,16H,1H3. The summed E-state index contributed by atoms with van der Waals surface area (Å²) in [5.41, 5.74) is 1.26. The highest BCUT2D eigenvalue weighted by Crippen LogP contribution is 2.30. The number of aliphatic hydroxyl groups is 1. The molecule has 0 amide bonds. The monoisotopic (exact) mass is 345 g/mol.